The summed E-state index contributed by atoms with van der Waals surface area (Å²) >= 11 is 0. The Morgan fingerprint density at radius 1 is 1.09 bits per heavy atom. The van der Waals surface area contributed by atoms with Crippen molar-refractivity contribution < 1.29 is 29.1 Å². The van der Waals surface area contributed by atoms with Gasteiger partial charge < -0.3 is 2.85 Å². The topological polar surface area (TPSA) is 0 Å². The molecule has 4 unspecified atom stereocenters. The molecular formula is C10H14Zr. The largest absolute Gasteiger partial charge is 2.00 e. The molecular weight excluding hydrogens is 211 g/mol. The van der Waals surface area contributed by atoms with Crippen LogP contribution >= 0.6 is 0 Å². The van der Waals surface area contributed by atoms with Crippen molar-refractivity contribution >= 4 is 0 Å². The van der Waals surface area contributed by atoms with Gasteiger partial charge in [-0.05, 0) is 36.5 Å². The van der Waals surface area contributed by atoms with Crippen molar-refractivity contribution in [3.63, 3.8) is 0 Å². The Morgan fingerprint density at radius 2 is 1.91 bits per heavy atom. The third-order valence-corrected chi connectivity index (χ3v) is 3.46. The molecule has 11 heavy (non-hydrogen) atoms. The number of hydrogen-bond donors (Lipinski definition) is 0. The average molecular weight is 225 g/mol. The average Bonchev–Trinajstić information content (AvgIpc) is 2.60. The molecule has 0 aromatic rings. The maximum atomic E-state index is 2.44. The van der Waals surface area contributed by atoms with E-state index in [1.807, 2.05) is 0 Å². The zero-order valence-corrected chi connectivity index (χ0v) is 8.99. The molecule has 0 saturated heterocycles. The summed E-state index contributed by atoms with van der Waals surface area (Å²) < 4.78 is 0. The molecule has 0 nitrogen and oxygen atoms in total. The Bertz CT molecular complexity index is 225. The molecule has 58 valence electrons. The van der Waals surface area contributed by atoms with Crippen LogP contribution in [0, 0.1) is 23.7 Å². The second-order valence-electron chi connectivity index (χ2n) is 3.85. The third-order valence-electron chi connectivity index (χ3n) is 3.46. The molecule has 1 fully saturated rings. The van der Waals surface area contributed by atoms with E-state index in [0.29, 0.717) is 0 Å². The molecule has 0 radical (unpaired) electrons. The number of allylic oxidation sites excluding steroid dienone is 4. The van der Waals surface area contributed by atoms with E-state index in [1.165, 1.54) is 12.8 Å². The zero-order chi connectivity index (χ0) is 6.55. The molecule has 1 saturated carbocycles. The summed E-state index contributed by atoms with van der Waals surface area (Å²) in [7, 11) is 0. The molecule has 1 heteroatoms. The van der Waals surface area contributed by atoms with Gasteiger partial charge in [-0.15, -0.1) is 0 Å². The molecule has 0 spiro atoms. The van der Waals surface area contributed by atoms with Gasteiger partial charge in [0.15, 0.2) is 0 Å². The number of rotatable bonds is 0. The first-order valence-electron chi connectivity index (χ1n) is 4.30. The van der Waals surface area contributed by atoms with Crippen LogP contribution in [0.15, 0.2) is 24.3 Å². The summed E-state index contributed by atoms with van der Waals surface area (Å²) in [6.45, 7) is 0. The summed E-state index contributed by atoms with van der Waals surface area (Å²) in [6.07, 6.45) is 12.5. The molecule has 0 aromatic carbocycles. The van der Waals surface area contributed by atoms with Crippen LogP contribution in [0.5, 0.6) is 0 Å². The SMILES string of the molecule is C1=CC2C3C=CC(C3)C2C1.[H-].[H-].[Zr+2]. The van der Waals surface area contributed by atoms with Gasteiger partial charge in [-0.3, -0.25) is 0 Å². The Labute approximate surface area is 89.8 Å². The summed E-state index contributed by atoms with van der Waals surface area (Å²) in [5, 5.41) is 0. The summed E-state index contributed by atoms with van der Waals surface area (Å²) in [5.41, 5.74) is 0. The smallest absolute Gasteiger partial charge is 1.00 e. The first-order chi connectivity index (χ1) is 4.95. The van der Waals surface area contributed by atoms with Crippen molar-refractivity contribution in [1.29, 1.82) is 0 Å². The molecule has 3 aliphatic rings. The van der Waals surface area contributed by atoms with E-state index < -0.39 is 0 Å². The van der Waals surface area contributed by atoms with Gasteiger partial charge in [0.25, 0.3) is 0 Å². The predicted octanol–water partition coefficient (Wildman–Crippen LogP) is 2.61. The molecule has 3 rings (SSSR count). The summed E-state index contributed by atoms with van der Waals surface area (Å²) in [4.78, 5) is 0. The first kappa shape index (κ1) is 7.98. The summed E-state index contributed by atoms with van der Waals surface area (Å²) in [6, 6.07) is 0. The Hall–Kier alpha value is 0.363. The maximum absolute atomic E-state index is 2.44. The van der Waals surface area contributed by atoms with Crippen molar-refractivity contribution in [2.45, 2.75) is 12.8 Å². The third kappa shape index (κ3) is 0.968. The molecule has 3 aliphatic carbocycles. The van der Waals surface area contributed by atoms with Crippen LogP contribution in [0.4, 0.5) is 0 Å². The van der Waals surface area contributed by atoms with Crippen molar-refractivity contribution in [3.8, 4) is 0 Å². The minimum atomic E-state index is 0. The van der Waals surface area contributed by atoms with Crippen LogP contribution in [0.3, 0.4) is 0 Å². The van der Waals surface area contributed by atoms with E-state index >= 15 is 0 Å². The molecule has 0 aromatic heterocycles. The van der Waals surface area contributed by atoms with E-state index in [0.717, 1.165) is 23.7 Å². The minimum absolute atomic E-state index is 0. The van der Waals surface area contributed by atoms with Gasteiger partial charge in [0.1, 0.15) is 0 Å². The molecule has 0 heterocycles. The number of fused-ring (bicyclic) bond motifs is 5. The van der Waals surface area contributed by atoms with Gasteiger partial charge in [0.2, 0.25) is 0 Å². The van der Waals surface area contributed by atoms with Gasteiger partial charge in [0.05, 0.1) is 0 Å². The predicted molar refractivity (Wildman–Crippen MR) is 43.7 cm³/mol. The quantitative estimate of drug-likeness (QED) is 0.556. The van der Waals surface area contributed by atoms with Gasteiger partial charge in [0, 0.05) is 0 Å². The summed E-state index contributed by atoms with van der Waals surface area (Å²) in [5.74, 6) is 3.82. The molecule has 0 N–H and O–H groups in total. The van der Waals surface area contributed by atoms with E-state index in [-0.39, 0.29) is 29.1 Å². The monoisotopic (exact) mass is 224 g/mol. The molecule has 2 bridgehead atoms. The first-order valence-corrected chi connectivity index (χ1v) is 4.30. The van der Waals surface area contributed by atoms with E-state index in [9.17, 15) is 0 Å². The van der Waals surface area contributed by atoms with Gasteiger partial charge in [-0.25, -0.2) is 0 Å². The normalized spacial score (nSPS) is 49.5. The van der Waals surface area contributed by atoms with Crippen LogP contribution in [-0.4, -0.2) is 0 Å². The second-order valence-corrected chi connectivity index (χ2v) is 3.85. The van der Waals surface area contributed by atoms with Crippen molar-refractivity contribution in [3.05, 3.63) is 24.3 Å². The van der Waals surface area contributed by atoms with Crippen LogP contribution in [0.2, 0.25) is 0 Å². The molecule has 0 aliphatic heterocycles. The van der Waals surface area contributed by atoms with Gasteiger partial charge >= 0.3 is 26.2 Å². The van der Waals surface area contributed by atoms with Crippen LogP contribution < -0.4 is 0 Å². The van der Waals surface area contributed by atoms with E-state index in [4.69, 9.17) is 0 Å². The second kappa shape index (κ2) is 2.69. The van der Waals surface area contributed by atoms with Crippen LogP contribution in [0.25, 0.3) is 0 Å². The fourth-order valence-electron chi connectivity index (χ4n) is 2.97. The minimum Gasteiger partial charge on any atom is -1.00 e. The fraction of sp³-hybridized carbons (Fsp3) is 0.600. The van der Waals surface area contributed by atoms with E-state index in [1.54, 1.807) is 0 Å². The fourth-order valence-corrected chi connectivity index (χ4v) is 2.97. The Balaban J connectivity index is 0.000000480. The maximum Gasteiger partial charge on any atom is 2.00 e. The zero-order valence-electron chi connectivity index (χ0n) is 8.53. The Kier molecular flexibility index (Phi) is 1.96. The van der Waals surface area contributed by atoms with Gasteiger partial charge in [-0.1, -0.05) is 24.3 Å². The Morgan fingerprint density at radius 3 is 2.73 bits per heavy atom. The van der Waals surface area contributed by atoms with Crippen molar-refractivity contribution in [2.24, 2.45) is 23.7 Å². The number of hydrogen-bond acceptors (Lipinski definition) is 0. The standard InChI is InChI=1S/C10H12.Zr.2H/c1-2-9-7-4-5-8(6-7)10(9)3-1;;;/h1-2,4-5,7-10H,3,6H2;;;/q;+2;2*-1. The van der Waals surface area contributed by atoms with Crippen molar-refractivity contribution in [1.82, 2.24) is 0 Å². The molecule has 0 amide bonds. The molecule has 4 atom stereocenters. The van der Waals surface area contributed by atoms with Gasteiger partial charge in [-0.2, -0.15) is 0 Å². The van der Waals surface area contributed by atoms with E-state index in [2.05, 4.69) is 24.3 Å². The van der Waals surface area contributed by atoms with Crippen molar-refractivity contribution in [2.75, 3.05) is 0 Å². The van der Waals surface area contributed by atoms with Crippen LogP contribution in [-0.2, 0) is 26.2 Å². The van der Waals surface area contributed by atoms with Crippen LogP contribution in [0.1, 0.15) is 15.7 Å².